The summed E-state index contributed by atoms with van der Waals surface area (Å²) in [6.07, 6.45) is 3.78. The molecule has 0 spiro atoms. The lowest BCUT2D eigenvalue weighted by Gasteiger charge is -2.36. The lowest BCUT2D eigenvalue weighted by molar-refractivity contribution is 0.169. The fourth-order valence-corrected chi connectivity index (χ4v) is 2.62. The molecule has 0 aromatic carbocycles. The minimum atomic E-state index is 0.176. The van der Waals surface area contributed by atoms with Crippen LogP contribution in [0.4, 0.5) is 0 Å². The smallest absolute Gasteiger partial charge is 0.194 e. The Morgan fingerprint density at radius 3 is 2.70 bits per heavy atom. The summed E-state index contributed by atoms with van der Waals surface area (Å²) in [6, 6.07) is 1.93. The molecule has 7 heteroatoms. The van der Waals surface area contributed by atoms with E-state index in [0.29, 0.717) is 0 Å². The normalized spacial score (nSPS) is 17.6. The van der Waals surface area contributed by atoms with Crippen molar-refractivity contribution in [2.45, 2.75) is 32.1 Å². The Morgan fingerprint density at radius 2 is 2.13 bits per heavy atom. The van der Waals surface area contributed by atoms with Crippen LogP contribution >= 0.6 is 11.8 Å². The maximum absolute atomic E-state index is 4.90. The van der Waals surface area contributed by atoms with E-state index >= 15 is 0 Å². The van der Waals surface area contributed by atoms with Crippen molar-refractivity contribution in [3.05, 3.63) is 18.0 Å². The van der Waals surface area contributed by atoms with E-state index in [9.17, 15) is 0 Å². The molecule has 2 heterocycles. The van der Waals surface area contributed by atoms with Crippen molar-refractivity contribution in [3.8, 4) is 0 Å². The highest BCUT2D eigenvalue weighted by Crippen LogP contribution is 2.21. The Hall–Kier alpha value is -1.21. The van der Waals surface area contributed by atoms with Gasteiger partial charge in [-0.2, -0.15) is 11.8 Å². The molecule has 0 aliphatic carbocycles. The zero-order chi connectivity index (χ0) is 16.7. The number of thioether (sulfide) groups is 1. The van der Waals surface area contributed by atoms with Crippen LogP contribution in [0.5, 0.6) is 0 Å². The lowest BCUT2D eigenvalue weighted by Crippen LogP contribution is -2.52. The predicted octanol–water partition coefficient (Wildman–Crippen LogP) is 1.90. The average Bonchev–Trinajstić information content (AvgIpc) is 3.05. The number of rotatable bonds is 6. The Morgan fingerprint density at radius 1 is 1.39 bits per heavy atom. The number of nitrogens with one attached hydrogen (secondary N) is 1. The number of nitrogens with zero attached hydrogens (tertiary/aromatic N) is 4. The van der Waals surface area contributed by atoms with E-state index in [1.165, 1.54) is 0 Å². The van der Waals surface area contributed by atoms with Crippen molar-refractivity contribution in [1.29, 1.82) is 0 Å². The van der Waals surface area contributed by atoms with Gasteiger partial charge in [0.1, 0.15) is 6.26 Å². The van der Waals surface area contributed by atoms with Gasteiger partial charge in [-0.05, 0) is 27.0 Å². The molecule has 2 rings (SSSR count). The van der Waals surface area contributed by atoms with Gasteiger partial charge in [0.05, 0.1) is 12.2 Å². The molecular formula is C16H29N5OS. The molecule has 0 unspecified atom stereocenters. The molecule has 1 saturated heterocycles. The van der Waals surface area contributed by atoms with Crippen LogP contribution in [-0.2, 0) is 6.54 Å². The summed E-state index contributed by atoms with van der Waals surface area (Å²) >= 11 is 1.86. The summed E-state index contributed by atoms with van der Waals surface area (Å²) < 4.78 is 5.08. The van der Waals surface area contributed by atoms with Crippen molar-refractivity contribution in [2.24, 2.45) is 4.99 Å². The molecule has 1 fully saturated rings. The quantitative estimate of drug-likeness (QED) is 0.631. The third kappa shape index (κ3) is 5.73. The van der Waals surface area contributed by atoms with Gasteiger partial charge in [-0.25, -0.2) is 0 Å². The summed E-state index contributed by atoms with van der Waals surface area (Å²) in [6.45, 7) is 13.2. The molecule has 0 amide bonds. The number of hydrogen-bond acceptors (Lipinski definition) is 5. The van der Waals surface area contributed by atoms with Crippen molar-refractivity contribution < 1.29 is 4.52 Å². The minimum absolute atomic E-state index is 0.176. The largest absolute Gasteiger partial charge is 0.364 e. The topological polar surface area (TPSA) is 56.9 Å². The maximum atomic E-state index is 4.90. The van der Waals surface area contributed by atoms with Crippen LogP contribution < -0.4 is 5.32 Å². The van der Waals surface area contributed by atoms with Crippen LogP contribution in [0.3, 0.4) is 0 Å². The van der Waals surface area contributed by atoms with Crippen LogP contribution in [0.1, 0.15) is 26.5 Å². The molecule has 0 radical (unpaired) electrons. The van der Waals surface area contributed by atoms with Gasteiger partial charge in [0.2, 0.25) is 0 Å². The average molecular weight is 340 g/mol. The highest BCUT2D eigenvalue weighted by molar-refractivity contribution is 7.99. The Bertz CT molecular complexity index is 481. The fourth-order valence-electron chi connectivity index (χ4n) is 2.42. The third-order valence-corrected chi connectivity index (χ3v) is 5.28. The molecule has 1 N–H and O–H groups in total. The molecule has 0 atom stereocenters. The van der Waals surface area contributed by atoms with E-state index in [4.69, 9.17) is 9.52 Å². The van der Waals surface area contributed by atoms with Crippen LogP contribution in [0.15, 0.2) is 21.8 Å². The molecule has 130 valence electrons. The lowest BCUT2D eigenvalue weighted by atomic mass is 10.2. The van der Waals surface area contributed by atoms with Gasteiger partial charge in [-0.3, -0.25) is 9.89 Å². The second-order valence-corrected chi connectivity index (χ2v) is 7.90. The first-order valence-corrected chi connectivity index (χ1v) is 9.46. The van der Waals surface area contributed by atoms with Gasteiger partial charge < -0.3 is 14.7 Å². The number of guanidine groups is 1. The third-order valence-electron chi connectivity index (χ3n) is 4.05. The molecule has 1 aromatic rings. The molecule has 23 heavy (non-hydrogen) atoms. The first kappa shape index (κ1) is 18.1. The van der Waals surface area contributed by atoms with Gasteiger partial charge >= 0.3 is 0 Å². The number of aromatic nitrogens is 1. The molecule has 1 aliphatic rings. The van der Waals surface area contributed by atoms with E-state index < -0.39 is 0 Å². The molecule has 0 bridgehead atoms. The fraction of sp³-hybridized carbons (Fsp3) is 0.750. The summed E-state index contributed by atoms with van der Waals surface area (Å²) in [5.41, 5.74) is 1.00. The van der Waals surface area contributed by atoms with E-state index in [1.807, 2.05) is 17.8 Å². The summed E-state index contributed by atoms with van der Waals surface area (Å²) in [4.78, 5) is 9.61. The molecule has 0 saturated carbocycles. The van der Waals surface area contributed by atoms with Crippen molar-refractivity contribution in [3.63, 3.8) is 0 Å². The molecular weight excluding hydrogens is 310 g/mol. The van der Waals surface area contributed by atoms with Crippen molar-refractivity contribution >= 4 is 17.7 Å². The van der Waals surface area contributed by atoms with Crippen molar-refractivity contribution in [2.75, 3.05) is 45.5 Å². The highest BCUT2D eigenvalue weighted by atomic mass is 32.2. The molecule has 1 aromatic heterocycles. The minimum Gasteiger partial charge on any atom is -0.364 e. The maximum Gasteiger partial charge on any atom is 0.194 e. The summed E-state index contributed by atoms with van der Waals surface area (Å²) in [7, 11) is 0. The van der Waals surface area contributed by atoms with Gasteiger partial charge in [0.15, 0.2) is 5.96 Å². The Kier molecular flexibility index (Phi) is 6.77. The van der Waals surface area contributed by atoms with Gasteiger partial charge in [-0.15, -0.1) is 0 Å². The van der Waals surface area contributed by atoms with Crippen LogP contribution in [-0.4, -0.2) is 71.2 Å². The first-order chi connectivity index (χ1) is 11.0. The zero-order valence-corrected chi connectivity index (χ0v) is 15.5. The van der Waals surface area contributed by atoms with E-state index in [2.05, 4.69) is 47.3 Å². The number of piperazine rings is 1. The van der Waals surface area contributed by atoms with Crippen LogP contribution in [0.2, 0.25) is 0 Å². The number of hydrogen-bond donors (Lipinski definition) is 1. The summed E-state index contributed by atoms with van der Waals surface area (Å²) in [5, 5.41) is 7.42. The van der Waals surface area contributed by atoms with Gasteiger partial charge in [-0.1, -0.05) is 5.16 Å². The first-order valence-electron chi connectivity index (χ1n) is 8.24. The zero-order valence-electron chi connectivity index (χ0n) is 14.7. The second-order valence-electron chi connectivity index (χ2n) is 6.39. The standard InChI is InChI=1S/C16H29N5OS/c1-5-17-15(18-13-16(2,3)23-4)21-9-7-20(8-10-21)12-14-6-11-22-19-14/h6,11H,5,7-10,12-13H2,1-4H3,(H,17,18). The summed E-state index contributed by atoms with van der Waals surface area (Å²) in [5.74, 6) is 1.04. The van der Waals surface area contributed by atoms with Crippen LogP contribution in [0.25, 0.3) is 0 Å². The van der Waals surface area contributed by atoms with E-state index in [1.54, 1.807) is 6.26 Å². The van der Waals surface area contributed by atoms with Gasteiger partial charge in [0, 0.05) is 50.1 Å². The van der Waals surface area contributed by atoms with E-state index in [0.717, 1.165) is 57.5 Å². The predicted molar refractivity (Wildman–Crippen MR) is 96.9 cm³/mol. The number of aliphatic imine (C=N–C) groups is 1. The monoisotopic (exact) mass is 339 g/mol. The van der Waals surface area contributed by atoms with Crippen LogP contribution in [0, 0.1) is 0 Å². The SMILES string of the molecule is CCNC(=NCC(C)(C)SC)N1CCN(Cc2ccon2)CC1. The molecule has 1 aliphatic heterocycles. The second kappa shape index (κ2) is 8.59. The Balaban J connectivity index is 1.88. The highest BCUT2D eigenvalue weighted by Gasteiger charge is 2.21. The Labute approximate surface area is 143 Å². The molecule has 6 nitrogen and oxygen atoms in total. The van der Waals surface area contributed by atoms with Crippen molar-refractivity contribution in [1.82, 2.24) is 20.3 Å². The van der Waals surface area contributed by atoms with E-state index in [-0.39, 0.29) is 4.75 Å². The van der Waals surface area contributed by atoms with Gasteiger partial charge in [0.25, 0.3) is 0 Å².